The number of nitrogens with two attached hydrogens (primary N) is 1. The van der Waals surface area contributed by atoms with Crippen molar-refractivity contribution in [3.8, 4) is 10.6 Å². The number of aromatic nitrogens is 2. The van der Waals surface area contributed by atoms with Crippen molar-refractivity contribution >= 4 is 33.7 Å². The first-order chi connectivity index (χ1) is 9.57. The van der Waals surface area contributed by atoms with E-state index in [1.165, 1.54) is 11.5 Å². The maximum atomic E-state index is 10.3. The van der Waals surface area contributed by atoms with Crippen LogP contribution in [0, 0.1) is 6.92 Å². The standard InChI is InChI=1S/C12H16N4O2S2/c1-7-4-19-11(15-7)8-9(13)16-20-10(8)14-5-12(17)2-3-18-6-12/h4,14,17H,2-3,5-6H2,1H3,(H2,13,16). The lowest BCUT2D eigenvalue weighted by Crippen LogP contribution is -2.37. The van der Waals surface area contributed by atoms with E-state index < -0.39 is 5.60 Å². The molecule has 1 unspecified atom stereocenters. The van der Waals surface area contributed by atoms with Crippen molar-refractivity contribution in [3.05, 3.63) is 11.1 Å². The highest BCUT2D eigenvalue weighted by Crippen LogP contribution is 2.38. The van der Waals surface area contributed by atoms with Gasteiger partial charge in [-0.05, 0) is 18.5 Å². The fourth-order valence-electron chi connectivity index (χ4n) is 2.08. The summed E-state index contributed by atoms with van der Waals surface area (Å²) in [6.07, 6.45) is 0.639. The SMILES string of the molecule is Cc1csc(-c2c(N)nsc2NCC2(O)CCOC2)n1. The van der Waals surface area contributed by atoms with E-state index in [9.17, 15) is 5.11 Å². The molecule has 1 saturated heterocycles. The van der Waals surface area contributed by atoms with Crippen molar-refractivity contribution < 1.29 is 9.84 Å². The predicted molar refractivity (Wildman–Crippen MR) is 81.2 cm³/mol. The third-order valence-electron chi connectivity index (χ3n) is 3.21. The van der Waals surface area contributed by atoms with Gasteiger partial charge in [-0.3, -0.25) is 0 Å². The zero-order valence-electron chi connectivity index (χ0n) is 11.0. The molecule has 6 nitrogen and oxygen atoms in total. The van der Waals surface area contributed by atoms with Crippen LogP contribution in [0.1, 0.15) is 12.1 Å². The Kier molecular flexibility index (Phi) is 3.63. The molecular formula is C12H16N4O2S2. The minimum Gasteiger partial charge on any atom is -0.386 e. The number of thiazole rings is 1. The maximum absolute atomic E-state index is 10.3. The number of anilines is 2. The summed E-state index contributed by atoms with van der Waals surface area (Å²) < 4.78 is 9.42. The van der Waals surface area contributed by atoms with Crippen molar-refractivity contribution in [2.75, 3.05) is 30.8 Å². The van der Waals surface area contributed by atoms with E-state index in [1.807, 2.05) is 12.3 Å². The number of ether oxygens (including phenoxy) is 1. The van der Waals surface area contributed by atoms with E-state index in [4.69, 9.17) is 10.5 Å². The summed E-state index contributed by atoms with van der Waals surface area (Å²) >= 11 is 2.83. The van der Waals surface area contributed by atoms with Crippen molar-refractivity contribution in [2.24, 2.45) is 0 Å². The van der Waals surface area contributed by atoms with Crippen molar-refractivity contribution in [3.63, 3.8) is 0 Å². The number of rotatable bonds is 4. The topological polar surface area (TPSA) is 93.3 Å². The highest BCUT2D eigenvalue weighted by atomic mass is 32.1. The molecule has 1 atom stereocenters. The van der Waals surface area contributed by atoms with Crippen LogP contribution >= 0.6 is 22.9 Å². The molecule has 2 aromatic heterocycles. The molecule has 1 aliphatic rings. The molecule has 0 radical (unpaired) electrons. The molecule has 0 bridgehead atoms. The number of hydrogen-bond donors (Lipinski definition) is 3. The van der Waals surface area contributed by atoms with Gasteiger partial charge in [0.2, 0.25) is 0 Å². The average Bonchev–Trinajstić information content (AvgIpc) is 3.09. The number of nitrogen functional groups attached to an aromatic ring is 1. The Morgan fingerprint density at radius 1 is 1.60 bits per heavy atom. The van der Waals surface area contributed by atoms with Crippen LogP contribution in [-0.2, 0) is 4.74 Å². The van der Waals surface area contributed by atoms with E-state index >= 15 is 0 Å². The number of aliphatic hydroxyl groups is 1. The molecule has 3 heterocycles. The lowest BCUT2D eigenvalue weighted by Gasteiger charge is -2.20. The number of aryl methyl sites for hydroxylation is 1. The summed E-state index contributed by atoms with van der Waals surface area (Å²) in [7, 11) is 0. The largest absolute Gasteiger partial charge is 0.386 e. The minimum absolute atomic E-state index is 0.361. The molecule has 2 aromatic rings. The van der Waals surface area contributed by atoms with E-state index in [-0.39, 0.29) is 0 Å². The molecule has 0 aliphatic carbocycles. The number of nitrogens with zero attached hydrogens (tertiary/aromatic N) is 2. The Morgan fingerprint density at radius 3 is 3.10 bits per heavy atom. The Labute approximate surface area is 124 Å². The quantitative estimate of drug-likeness (QED) is 0.796. The molecule has 0 aromatic carbocycles. The van der Waals surface area contributed by atoms with Crippen LogP contribution in [0.15, 0.2) is 5.38 Å². The van der Waals surface area contributed by atoms with Gasteiger partial charge in [-0.15, -0.1) is 11.3 Å². The zero-order chi connectivity index (χ0) is 14.2. The summed E-state index contributed by atoms with van der Waals surface area (Å²) in [5, 5.41) is 17.2. The first-order valence-corrected chi connectivity index (χ1v) is 7.94. The highest BCUT2D eigenvalue weighted by Gasteiger charge is 2.32. The van der Waals surface area contributed by atoms with Crippen LogP contribution in [-0.4, -0.2) is 39.8 Å². The third-order valence-corrected chi connectivity index (χ3v) is 5.01. The average molecular weight is 312 g/mol. The first kappa shape index (κ1) is 13.7. The molecule has 4 N–H and O–H groups in total. The van der Waals surface area contributed by atoms with Gasteiger partial charge < -0.3 is 20.9 Å². The van der Waals surface area contributed by atoms with Crippen molar-refractivity contribution in [2.45, 2.75) is 18.9 Å². The second kappa shape index (κ2) is 5.28. The normalized spacial score (nSPS) is 22.3. The van der Waals surface area contributed by atoms with Crippen molar-refractivity contribution in [1.82, 2.24) is 9.36 Å². The van der Waals surface area contributed by atoms with Crippen LogP contribution in [0.4, 0.5) is 10.8 Å². The summed E-state index contributed by atoms with van der Waals surface area (Å²) in [5.41, 5.74) is 6.92. The van der Waals surface area contributed by atoms with Gasteiger partial charge in [0.25, 0.3) is 0 Å². The zero-order valence-corrected chi connectivity index (χ0v) is 12.7. The summed E-state index contributed by atoms with van der Waals surface area (Å²) in [6, 6.07) is 0. The van der Waals surface area contributed by atoms with Gasteiger partial charge >= 0.3 is 0 Å². The second-order valence-electron chi connectivity index (χ2n) is 4.95. The second-order valence-corrected chi connectivity index (χ2v) is 6.58. The first-order valence-electron chi connectivity index (χ1n) is 6.29. The summed E-state index contributed by atoms with van der Waals surface area (Å²) in [4.78, 5) is 4.45. The van der Waals surface area contributed by atoms with Gasteiger partial charge in [0, 0.05) is 30.6 Å². The fourth-order valence-corrected chi connectivity index (χ4v) is 3.71. The van der Waals surface area contributed by atoms with Gasteiger partial charge in [-0.2, -0.15) is 4.37 Å². The molecule has 108 valence electrons. The van der Waals surface area contributed by atoms with Gasteiger partial charge in [0.1, 0.15) is 21.4 Å². The molecule has 20 heavy (non-hydrogen) atoms. The highest BCUT2D eigenvalue weighted by molar-refractivity contribution is 7.15. The molecule has 1 aliphatic heterocycles. The lowest BCUT2D eigenvalue weighted by atomic mass is 10.0. The van der Waals surface area contributed by atoms with Crippen LogP contribution in [0.5, 0.6) is 0 Å². The Bertz CT molecular complexity index is 604. The van der Waals surface area contributed by atoms with Crippen molar-refractivity contribution in [1.29, 1.82) is 0 Å². The molecule has 0 saturated carbocycles. The van der Waals surface area contributed by atoms with E-state index in [1.54, 1.807) is 11.3 Å². The third kappa shape index (κ3) is 2.64. The monoisotopic (exact) mass is 312 g/mol. The fraction of sp³-hybridized carbons (Fsp3) is 0.500. The van der Waals surface area contributed by atoms with Crippen LogP contribution in [0.25, 0.3) is 10.6 Å². The van der Waals surface area contributed by atoms with Crippen LogP contribution in [0.2, 0.25) is 0 Å². The molecule has 0 spiro atoms. The number of nitrogens with one attached hydrogen (secondary N) is 1. The van der Waals surface area contributed by atoms with E-state index in [0.717, 1.165) is 21.3 Å². The molecular weight excluding hydrogens is 296 g/mol. The summed E-state index contributed by atoms with van der Waals surface area (Å²) in [5.74, 6) is 0.474. The molecule has 1 fully saturated rings. The Hall–Kier alpha value is -1.22. The Balaban J connectivity index is 1.80. The Morgan fingerprint density at radius 2 is 2.45 bits per heavy atom. The minimum atomic E-state index is -0.811. The summed E-state index contributed by atoms with van der Waals surface area (Å²) in [6.45, 7) is 3.33. The van der Waals surface area contributed by atoms with Gasteiger partial charge in [0.15, 0.2) is 0 Å². The van der Waals surface area contributed by atoms with Crippen LogP contribution < -0.4 is 11.1 Å². The van der Waals surface area contributed by atoms with Gasteiger partial charge in [0.05, 0.1) is 12.2 Å². The molecule has 0 amide bonds. The lowest BCUT2D eigenvalue weighted by molar-refractivity contribution is 0.0382. The smallest absolute Gasteiger partial charge is 0.149 e. The van der Waals surface area contributed by atoms with Gasteiger partial charge in [-0.1, -0.05) is 0 Å². The van der Waals surface area contributed by atoms with Gasteiger partial charge in [-0.25, -0.2) is 4.98 Å². The van der Waals surface area contributed by atoms with E-state index in [2.05, 4.69) is 14.7 Å². The molecule has 3 rings (SSSR count). The molecule has 8 heteroatoms. The number of hydrogen-bond acceptors (Lipinski definition) is 8. The predicted octanol–water partition coefficient (Wildman–Crippen LogP) is 1.72. The maximum Gasteiger partial charge on any atom is 0.149 e. The van der Waals surface area contributed by atoms with Crippen LogP contribution in [0.3, 0.4) is 0 Å². The van der Waals surface area contributed by atoms with E-state index in [0.29, 0.717) is 32.0 Å².